The molecule has 2 aliphatic rings. The van der Waals surface area contributed by atoms with Crippen molar-refractivity contribution < 1.29 is 4.79 Å². The van der Waals surface area contributed by atoms with Gasteiger partial charge in [0.1, 0.15) is 11.4 Å². The van der Waals surface area contributed by atoms with Gasteiger partial charge in [0.25, 0.3) is 5.91 Å². The molecule has 102 valence electrons. The first-order valence-electron chi connectivity index (χ1n) is 6.64. The van der Waals surface area contributed by atoms with Crippen LogP contribution in [-0.4, -0.2) is 46.8 Å². The molecule has 1 aromatic rings. The molecular weight excluding hydrogens is 260 g/mol. The van der Waals surface area contributed by atoms with Crippen molar-refractivity contribution in [1.82, 2.24) is 14.9 Å². The predicted molar refractivity (Wildman–Crippen MR) is 75.5 cm³/mol. The Morgan fingerprint density at radius 2 is 2.11 bits per heavy atom. The zero-order valence-corrected chi connectivity index (χ0v) is 12.1. The third-order valence-corrected chi connectivity index (χ3v) is 4.47. The molecule has 0 saturated heterocycles. The van der Waals surface area contributed by atoms with Gasteiger partial charge in [0.15, 0.2) is 5.16 Å². The molecule has 3 rings (SSSR count). The number of fused-ring (bicyclic) bond motifs is 1. The highest BCUT2D eigenvalue weighted by molar-refractivity contribution is 7.98. The van der Waals surface area contributed by atoms with E-state index in [4.69, 9.17) is 0 Å². The van der Waals surface area contributed by atoms with Crippen LogP contribution in [0.5, 0.6) is 0 Å². The number of thioether (sulfide) groups is 1. The van der Waals surface area contributed by atoms with Gasteiger partial charge >= 0.3 is 0 Å². The van der Waals surface area contributed by atoms with E-state index in [2.05, 4.69) is 14.9 Å². The van der Waals surface area contributed by atoms with Crippen LogP contribution in [0.15, 0.2) is 11.4 Å². The highest BCUT2D eigenvalue weighted by atomic mass is 32.2. The molecule has 1 fully saturated rings. The summed E-state index contributed by atoms with van der Waals surface area (Å²) in [4.78, 5) is 25.0. The van der Waals surface area contributed by atoms with Crippen LogP contribution < -0.4 is 4.90 Å². The third kappa shape index (κ3) is 2.18. The Hall–Kier alpha value is -1.30. The summed E-state index contributed by atoms with van der Waals surface area (Å²) >= 11 is 1.51. The molecule has 5 nitrogen and oxygen atoms in total. The fourth-order valence-corrected chi connectivity index (χ4v) is 3.23. The lowest BCUT2D eigenvalue weighted by molar-refractivity contribution is 0.0776. The van der Waals surface area contributed by atoms with E-state index in [0.29, 0.717) is 18.3 Å². The molecule has 1 aliphatic heterocycles. The van der Waals surface area contributed by atoms with E-state index in [1.807, 2.05) is 13.3 Å². The maximum atomic E-state index is 12.2. The third-order valence-electron chi connectivity index (χ3n) is 3.91. The number of anilines is 1. The fraction of sp³-hybridized carbons (Fsp3) is 0.615. The van der Waals surface area contributed by atoms with Crippen molar-refractivity contribution in [2.75, 3.05) is 24.9 Å². The zero-order valence-electron chi connectivity index (χ0n) is 11.3. The van der Waals surface area contributed by atoms with E-state index in [9.17, 15) is 4.79 Å². The average molecular weight is 278 g/mol. The molecule has 1 aliphatic carbocycles. The van der Waals surface area contributed by atoms with Crippen molar-refractivity contribution in [2.24, 2.45) is 0 Å². The highest BCUT2D eigenvalue weighted by Crippen LogP contribution is 2.33. The Morgan fingerprint density at radius 3 is 2.79 bits per heavy atom. The minimum Gasteiger partial charge on any atom is -0.335 e. The number of aromatic nitrogens is 2. The fourth-order valence-electron chi connectivity index (χ4n) is 2.90. The molecule has 2 heterocycles. The monoisotopic (exact) mass is 278 g/mol. The summed E-state index contributed by atoms with van der Waals surface area (Å²) in [5.74, 6) is 0.853. The van der Waals surface area contributed by atoms with E-state index in [1.165, 1.54) is 37.4 Å². The van der Waals surface area contributed by atoms with Crippen LogP contribution >= 0.6 is 11.8 Å². The first-order valence-corrected chi connectivity index (χ1v) is 7.86. The molecule has 0 unspecified atom stereocenters. The predicted octanol–water partition coefficient (Wildman–Crippen LogP) is 1.99. The summed E-state index contributed by atoms with van der Waals surface area (Å²) in [5.41, 5.74) is 0.637. The van der Waals surface area contributed by atoms with Gasteiger partial charge in [0, 0.05) is 19.3 Å². The van der Waals surface area contributed by atoms with Gasteiger partial charge in [-0.2, -0.15) is 0 Å². The number of amides is 1. The van der Waals surface area contributed by atoms with Gasteiger partial charge in [-0.15, -0.1) is 0 Å². The molecule has 0 N–H and O–H groups in total. The van der Waals surface area contributed by atoms with Gasteiger partial charge in [0.2, 0.25) is 0 Å². The van der Waals surface area contributed by atoms with Crippen LogP contribution in [0.25, 0.3) is 0 Å². The Labute approximate surface area is 117 Å². The summed E-state index contributed by atoms with van der Waals surface area (Å²) in [6.07, 6.45) is 8.57. The van der Waals surface area contributed by atoms with Crippen LogP contribution in [-0.2, 0) is 0 Å². The summed E-state index contributed by atoms with van der Waals surface area (Å²) in [6, 6.07) is 0.513. The second-order valence-electron chi connectivity index (χ2n) is 5.15. The summed E-state index contributed by atoms with van der Waals surface area (Å²) in [7, 11) is 1.84. The van der Waals surface area contributed by atoms with Crippen molar-refractivity contribution >= 4 is 23.5 Å². The Bertz CT molecular complexity index is 501. The minimum absolute atomic E-state index is 0.0249. The molecule has 1 amide bonds. The van der Waals surface area contributed by atoms with Crippen molar-refractivity contribution in [3.05, 3.63) is 11.8 Å². The first kappa shape index (κ1) is 12.7. The van der Waals surface area contributed by atoms with Gasteiger partial charge in [-0.25, -0.2) is 9.97 Å². The van der Waals surface area contributed by atoms with Gasteiger partial charge < -0.3 is 9.80 Å². The number of hydrogen-bond acceptors (Lipinski definition) is 5. The standard InChI is InChI=1S/C13H18N4OS/c1-16-8-17(9-5-3-4-6-9)11-10(12(16)18)7-14-13(15-11)19-2/h7,9H,3-6,8H2,1-2H3. The first-order chi connectivity index (χ1) is 9.20. The van der Waals surface area contributed by atoms with E-state index in [0.717, 1.165) is 11.0 Å². The Balaban J connectivity index is 2.03. The minimum atomic E-state index is 0.0249. The Kier molecular flexibility index (Phi) is 3.35. The summed E-state index contributed by atoms with van der Waals surface area (Å²) < 4.78 is 0. The van der Waals surface area contributed by atoms with Crippen molar-refractivity contribution in [3.8, 4) is 0 Å². The summed E-state index contributed by atoms with van der Waals surface area (Å²) in [6.45, 7) is 0.640. The lowest BCUT2D eigenvalue weighted by Gasteiger charge is -2.38. The SMILES string of the molecule is CSc1ncc2c(n1)N(C1CCCC1)CN(C)C2=O. The molecule has 1 aromatic heterocycles. The normalized spacial score (nSPS) is 20.0. The second-order valence-corrected chi connectivity index (χ2v) is 5.92. The van der Waals surface area contributed by atoms with Crippen LogP contribution in [0.4, 0.5) is 5.82 Å². The topological polar surface area (TPSA) is 49.3 Å². The second kappa shape index (κ2) is 5.00. The molecule has 0 radical (unpaired) electrons. The van der Waals surface area contributed by atoms with E-state index in [1.54, 1.807) is 11.1 Å². The molecule has 0 atom stereocenters. The summed E-state index contributed by atoms with van der Waals surface area (Å²) in [5, 5.41) is 0.735. The molecule has 19 heavy (non-hydrogen) atoms. The number of carbonyl (C=O) groups is 1. The van der Waals surface area contributed by atoms with E-state index >= 15 is 0 Å². The number of nitrogens with zero attached hydrogens (tertiary/aromatic N) is 4. The molecule has 0 spiro atoms. The van der Waals surface area contributed by atoms with Crippen LogP contribution in [0, 0.1) is 0 Å². The van der Waals surface area contributed by atoms with Gasteiger partial charge in [-0.05, 0) is 19.1 Å². The quantitative estimate of drug-likeness (QED) is 0.611. The molecule has 1 saturated carbocycles. The van der Waals surface area contributed by atoms with E-state index in [-0.39, 0.29) is 5.91 Å². The molecule has 6 heteroatoms. The van der Waals surface area contributed by atoms with Gasteiger partial charge in [-0.1, -0.05) is 24.6 Å². The smallest absolute Gasteiger partial charge is 0.260 e. The maximum Gasteiger partial charge on any atom is 0.260 e. The van der Waals surface area contributed by atoms with Crippen LogP contribution in [0.3, 0.4) is 0 Å². The van der Waals surface area contributed by atoms with Crippen LogP contribution in [0.2, 0.25) is 0 Å². The van der Waals surface area contributed by atoms with Crippen molar-refractivity contribution in [2.45, 2.75) is 36.9 Å². The number of carbonyl (C=O) groups excluding carboxylic acids is 1. The number of hydrogen-bond donors (Lipinski definition) is 0. The molecular formula is C13H18N4OS. The lowest BCUT2D eigenvalue weighted by Crippen LogP contribution is -2.49. The molecule has 0 bridgehead atoms. The van der Waals surface area contributed by atoms with Crippen LogP contribution in [0.1, 0.15) is 36.0 Å². The maximum absolute atomic E-state index is 12.2. The average Bonchev–Trinajstić information content (AvgIpc) is 2.96. The van der Waals surface area contributed by atoms with Crippen molar-refractivity contribution in [3.63, 3.8) is 0 Å². The zero-order chi connectivity index (χ0) is 13.4. The van der Waals surface area contributed by atoms with Gasteiger partial charge in [0.05, 0.1) is 6.67 Å². The highest BCUT2D eigenvalue weighted by Gasteiger charge is 2.34. The Morgan fingerprint density at radius 1 is 1.37 bits per heavy atom. The van der Waals surface area contributed by atoms with Crippen molar-refractivity contribution in [1.29, 1.82) is 0 Å². The number of rotatable bonds is 2. The largest absolute Gasteiger partial charge is 0.335 e. The lowest BCUT2D eigenvalue weighted by atomic mass is 10.1. The van der Waals surface area contributed by atoms with Gasteiger partial charge in [-0.3, -0.25) is 4.79 Å². The molecule has 0 aromatic carbocycles. The van der Waals surface area contributed by atoms with E-state index < -0.39 is 0 Å².